The predicted molar refractivity (Wildman–Crippen MR) is 116 cm³/mol. The smallest absolute Gasteiger partial charge is 0.401 e. The van der Waals surface area contributed by atoms with Crippen LogP contribution in [0, 0.1) is 5.92 Å². The molecule has 0 aliphatic carbocycles. The number of benzene rings is 2. The molecule has 0 bridgehead atoms. The number of anilines is 2. The van der Waals surface area contributed by atoms with Crippen molar-refractivity contribution in [3.8, 4) is 5.75 Å². The minimum atomic E-state index is -4.20. The molecule has 0 radical (unpaired) electrons. The van der Waals surface area contributed by atoms with E-state index in [0.29, 0.717) is 43.3 Å². The van der Waals surface area contributed by atoms with Crippen molar-refractivity contribution >= 4 is 17.3 Å². The molecule has 1 atom stereocenters. The molecule has 31 heavy (non-hydrogen) atoms. The lowest BCUT2D eigenvalue weighted by atomic mass is 10.2. The Kier molecular flexibility index (Phi) is 7.43. The maximum atomic E-state index is 12.5. The van der Waals surface area contributed by atoms with Crippen LogP contribution in [0.25, 0.3) is 0 Å². The monoisotopic (exact) mass is 435 g/mol. The molecular formula is C23H28F3N3O2. The lowest BCUT2D eigenvalue weighted by Gasteiger charge is -2.20. The molecule has 3 rings (SSSR count). The Balaban J connectivity index is 1.51. The van der Waals surface area contributed by atoms with Crippen LogP contribution in [0.3, 0.4) is 0 Å². The van der Waals surface area contributed by atoms with Gasteiger partial charge in [-0.25, -0.2) is 0 Å². The van der Waals surface area contributed by atoms with E-state index < -0.39 is 12.7 Å². The standard InChI is InChI=1S/C23H28F3N3O2/c1-16(2)14-31-21-9-3-17(4-10-21)22(30)28-18-5-7-20(8-6-18)29-12-11-19(13-29)27-15-23(24,25)26/h3-10,16,19,27H,11-15H2,1-2H3,(H,28,30). The topological polar surface area (TPSA) is 53.6 Å². The molecule has 1 unspecified atom stereocenters. The Morgan fingerprint density at radius 2 is 1.81 bits per heavy atom. The quantitative estimate of drug-likeness (QED) is 0.631. The van der Waals surface area contributed by atoms with Crippen molar-refractivity contribution in [1.29, 1.82) is 0 Å². The van der Waals surface area contributed by atoms with Crippen molar-refractivity contribution in [2.75, 3.05) is 36.5 Å². The van der Waals surface area contributed by atoms with E-state index in [1.54, 1.807) is 36.4 Å². The van der Waals surface area contributed by atoms with Crippen LogP contribution in [-0.4, -0.2) is 44.4 Å². The number of carbonyl (C=O) groups is 1. The first-order chi connectivity index (χ1) is 14.7. The normalized spacial score (nSPS) is 16.6. The molecule has 1 aliphatic heterocycles. The van der Waals surface area contributed by atoms with Gasteiger partial charge in [0.1, 0.15) is 5.75 Å². The van der Waals surface area contributed by atoms with E-state index in [4.69, 9.17) is 4.74 Å². The van der Waals surface area contributed by atoms with Gasteiger partial charge in [-0.15, -0.1) is 0 Å². The van der Waals surface area contributed by atoms with Crippen molar-refractivity contribution in [1.82, 2.24) is 5.32 Å². The molecular weight excluding hydrogens is 407 g/mol. The molecule has 2 aromatic carbocycles. The molecule has 5 nitrogen and oxygen atoms in total. The first kappa shape index (κ1) is 22.9. The zero-order valence-corrected chi connectivity index (χ0v) is 17.7. The van der Waals surface area contributed by atoms with Crippen LogP contribution in [0.1, 0.15) is 30.6 Å². The number of hydrogen-bond acceptors (Lipinski definition) is 4. The average molecular weight is 435 g/mol. The van der Waals surface area contributed by atoms with Gasteiger partial charge in [0.05, 0.1) is 13.2 Å². The third kappa shape index (κ3) is 7.17. The van der Waals surface area contributed by atoms with Crippen LogP contribution in [0.5, 0.6) is 5.75 Å². The maximum absolute atomic E-state index is 12.5. The summed E-state index contributed by atoms with van der Waals surface area (Å²) in [5.41, 5.74) is 2.10. The molecule has 1 aliphatic rings. The molecule has 1 amide bonds. The van der Waals surface area contributed by atoms with E-state index in [9.17, 15) is 18.0 Å². The number of hydrogen-bond donors (Lipinski definition) is 2. The molecule has 1 fully saturated rings. The highest BCUT2D eigenvalue weighted by Gasteiger charge is 2.30. The van der Waals surface area contributed by atoms with Crippen molar-refractivity contribution in [3.05, 3.63) is 54.1 Å². The third-order valence-electron chi connectivity index (χ3n) is 4.97. The first-order valence-electron chi connectivity index (χ1n) is 10.4. The third-order valence-corrected chi connectivity index (χ3v) is 4.97. The molecule has 1 heterocycles. The fourth-order valence-corrected chi connectivity index (χ4v) is 3.35. The van der Waals surface area contributed by atoms with Gasteiger partial charge < -0.3 is 20.3 Å². The van der Waals surface area contributed by atoms with Crippen molar-refractivity contribution in [2.24, 2.45) is 5.92 Å². The number of ether oxygens (including phenoxy) is 1. The largest absolute Gasteiger partial charge is 0.493 e. The van der Waals surface area contributed by atoms with Gasteiger partial charge >= 0.3 is 6.18 Å². The van der Waals surface area contributed by atoms with Gasteiger partial charge in [-0.05, 0) is 60.9 Å². The lowest BCUT2D eigenvalue weighted by Crippen LogP contribution is -2.38. The lowest BCUT2D eigenvalue weighted by molar-refractivity contribution is -0.125. The second-order valence-corrected chi connectivity index (χ2v) is 8.16. The highest BCUT2D eigenvalue weighted by atomic mass is 19.4. The van der Waals surface area contributed by atoms with Crippen LogP contribution in [0.2, 0.25) is 0 Å². The van der Waals surface area contributed by atoms with Gasteiger partial charge in [0.2, 0.25) is 0 Å². The van der Waals surface area contributed by atoms with Gasteiger partial charge in [0.15, 0.2) is 0 Å². The van der Waals surface area contributed by atoms with E-state index in [0.717, 1.165) is 11.4 Å². The number of halogens is 3. The number of carbonyl (C=O) groups excluding carboxylic acids is 1. The van der Waals surface area contributed by atoms with Crippen molar-refractivity contribution in [3.63, 3.8) is 0 Å². The number of nitrogens with one attached hydrogen (secondary N) is 2. The van der Waals surface area contributed by atoms with Crippen LogP contribution < -0.4 is 20.3 Å². The Labute approximate surface area is 180 Å². The zero-order chi connectivity index (χ0) is 22.4. The molecule has 2 N–H and O–H groups in total. The van der Waals surface area contributed by atoms with E-state index in [2.05, 4.69) is 24.5 Å². The van der Waals surface area contributed by atoms with Crippen LogP contribution in [-0.2, 0) is 0 Å². The van der Waals surface area contributed by atoms with Crippen LogP contribution >= 0.6 is 0 Å². The van der Waals surface area contributed by atoms with Gasteiger partial charge in [-0.1, -0.05) is 13.8 Å². The van der Waals surface area contributed by atoms with E-state index in [-0.39, 0.29) is 11.9 Å². The summed E-state index contributed by atoms with van der Waals surface area (Å²) in [5, 5.41) is 5.42. The van der Waals surface area contributed by atoms with Crippen molar-refractivity contribution < 1.29 is 22.7 Å². The second kappa shape index (κ2) is 10.0. The Hall–Kier alpha value is -2.74. The summed E-state index contributed by atoms with van der Waals surface area (Å²) in [5.74, 6) is 0.928. The van der Waals surface area contributed by atoms with Gasteiger partial charge in [0.25, 0.3) is 5.91 Å². The van der Waals surface area contributed by atoms with E-state index in [1.807, 2.05) is 17.0 Å². The second-order valence-electron chi connectivity index (χ2n) is 8.16. The summed E-state index contributed by atoms with van der Waals surface area (Å²) in [4.78, 5) is 14.5. The molecule has 1 saturated heterocycles. The van der Waals surface area contributed by atoms with E-state index in [1.165, 1.54) is 0 Å². The minimum Gasteiger partial charge on any atom is -0.493 e. The van der Waals surface area contributed by atoms with E-state index >= 15 is 0 Å². The Morgan fingerprint density at radius 1 is 1.13 bits per heavy atom. The highest BCUT2D eigenvalue weighted by Crippen LogP contribution is 2.24. The summed E-state index contributed by atoms with van der Waals surface area (Å²) in [6.07, 6.45) is -3.54. The summed E-state index contributed by atoms with van der Waals surface area (Å²) < 4.78 is 42.7. The van der Waals surface area contributed by atoms with Crippen LogP contribution in [0.15, 0.2) is 48.5 Å². The molecule has 0 aromatic heterocycles. The number of rotatable bonds is 8. The zero-order valence-electron chi connectivity index (χ0n) is 17.7. The Bertz CT molecular complexity index is 852. The molecule has 8 heteroatoms. The number of amides is 1. The maximum Gasteiger partial charge on any atom is 0.401 e. The van der Waals surface area contributed by atoms with Gasteiger partial charge in [-0.3, -0.25) is 4.79 Å². The summed E-state index contributed by atoms with van der Waals surface area (Å²) in [6, 6.07) is 14.1. The summed E-state index contributed by atoms with van der Waals surface area (Å²) in [7, 11) is 0. The number of alkyl halides is 3. The molecule has 168 valence electrons. The highest BCUT2D eigenvalue weighted by molar-refractivity contribution is 6.04. The SMILES string of the molecule is CC(C)COc1ccc(C(=O)Nc2ccc(N3CCC(NCC(F)(F)F)C3)cc2)cc1. The minimum absolute atomic E-state index is 0.187. The molecule has 0 spiro atoms. The summed E-state index contributed by atoms with van der Waals surface area (Å²) in [6.45, 7) is 4.99. The molecule has 0 saturated carbocycles. The average Bonchev–Trinajstić information content (AvgIpc) is 3.20. The van der Waals surface area contributed by atoms with Gasteiger partial charge in [-0.2, -0.15) is 13.2 Å². The molecule has 2 aromatic rings. The Morgan fingerprint density at radius 3 is 2.42 bits per heavy atom. The van der Waals surface area contributed by atoms with Crippen molar-refractivity contribution in [2.45, 2.75) is 32.5 Å². The van der Waals surface area contributed by atoms with Crippen LogP contribution in [0.4, 0.5) is 24.5 Å². The number of nitrogens with zero attached hydrogens (tertiary/aromatic N) is 1. The predicted octanol–water partition coefficient (Wildman–Crippen LogP) is 4.70. The fraction of sp³-hybridized carbons (Fsp3) is 0.435. The first-order valence-corrected chi connectivity index (χ1v) is 10.4. The summed E-state index contributed by atoms with van der Waals surface area (Å²) >= 11 is 0. The van der Waals surface area contributed by atoms with Gasteiger partial charge in [0, 0.05) is 36.1 Å². The fourth-order valence-electron chi connectivity index (χ4n) is 3.35.